The second-order valence-corrected chi connectivity index (χ2v) is 7.81. The van der Waals surface area contributed by atoms with E-state index in [0.717, 1.165) is 17.3 Å². The highest BCUT2D eigenvalue weighted by Gasteiger charge is 2.40. The van der Waals surface area contributed by atoms with Gasteiger partial charge in [0.1, 0.15) is 0 Å². The van der Waals surface area contributed by atoms with E-state index in [0.29, 0.717) is 0 Å². The van der Waals surface area contributed by atoms with Crippen LogP contribution in [-0.4, -0.2) is 24.5 Å². The Morgan fingerprint density at radius 3 is 2.47 bits per heavy atom. The predicted molar refractivity (Wildman–Crippen MR) is 84.4 cm³/mol. The van der Waals surface area contributed by atoms with Gasteiger partial charge < -0.3 is 4.90 Å². The molecule has 1 saturated carbocycles. The van der Waals surface area contributed by atoms with Gasteiger partial charge in [0.05, 0.1) is 0 Å². The summed E-state index contributed by atoms with van der Waals surface area (Å²) in [6.45, 7) is 11.3. The number of rotatable bonds is 6. The Morgan fingerprint density at radius 2 is 1.84 bits per heavy atom. The normalized spacial score (nSPS) is 32.5. The molecule has 0 N–H and O–H groups in total. The lowest BCUT2D eigenvalue weighted by Crippen LogP contribution is -2.32. The number of unbranched alkanes of at least 4 members (excludes halogenated alkanes) is 2. The highest BCUT2D eigenvalue weighted by Crippen LogP contribution is 2.46. The number of hydrogen-bond acceptors (Lipinski definition) is 1. The van der Waals surface area contributed by atoms with Crippen LogP contribution in [0.2, 0.25) is 0 Å². The summed E-state index contributed by atoms with van der Waals surface area (Å²) >= 11 is 0. The van der Waals surface area contributed by atoms with Crippen LogP contribution in [0.25, 0.3) is 0 Å². The molecular formula is C18H35N. The maximum absolute atomic E-state index is 2.76. The van der Waals surface area contributed by atoms with Crippen molar-refractivity contribution in [2.75, 3.05) is 19.6 Å². The molecule has 1 heterocycles. The molecule has 1 aliphatic carbocycles. The average molecular weight is 265 g/mol. The monoisotopic (exact) mass is 265 g/mol. The van der Waals surface area contributed by atoms with E-state index >= 15 is 0 Å². The maximum atomic E-state index is 2.76. The Kier molecular flexibility index (Phi) is 5.74. The van der Waals surface area contributed by atoms with Crippen molar-refractivity contribution in [3.63, 3.8) is 0 Å². The van der Waals surface area contributed by atoms with Crippen molar-refractivity contribution in [2.45, 2.75) is 78.6 Å². The van der Waals surface area contributed by atoms with E-state index in [-0.39, 0.29) is 0 Å². The molecule has 1 heteroatoms. The van der Waals surface area contributed by atoms with Gasteiger partial charge in [0.2, 0.25) is 0 Å². The SMILES string of the molecule is CCCCCN1CCC2(CCC(CC(C)C)CC2)C1. The number of likely N-dealkylation sites (tertiary alicyclic amines) is 1. The quantitative estimate of drug-likeness (QED) is 0.604. The van der Waals surface area contributed by atoms with Crippen LogP contribution in [0.15, 0.2) is 0 Å². The van der Waals surface area contributed by atoms with Crippen LogP contribution in [0.5, 0.6) is 0 Å². The number of nitrogens with zero attached hydrogens (tertiary/aromatic N) is 1. The van der Waals surface area contributed by atoms with Gasteiger partial charge in [-0.3, -0.25) is 0 Å². The summed E-state index contributed by atoms with van der Waals surface area (Å²) in [5, 5.41) is 0. The van der Waals surface area contributed by atoms with E-state index in [4.69, 9.17) is 0 Å². The Hall–Kier alpha value is -0.0400. The van der Waals surface area contributed by atoms with E-state index in [1.165, 1.54) is 77.4 Å². The minimum absolute atomic E-state index is 0.736. The zero-order valence-electron chi connectivity index (χ0n) is 13.6. The van der Waals surface area contributed by atoms with Gasteiger partial charge in [0, 0.05) is 6.54 Å². The third-order valence-corrected chi connectivity index (χ3v) is 5.57. The summed E-state index contributed by atoms with van der Waals surface area (Å²) in [4.78, 5) is 2.76. The molecule has 1 spiro atoms. The molecule has 1 aliphatic heterocycles. The zero-order valence-corrected chi connectivity index (χ0v) is 13.6. The van der Waals surface area contributed by atoms with E-state index in [9.17, 15) is 0 Å². The summed E-state index contributed by atoms with van der Waals surface area (Å²) in [5.74, 6) is 1.94. The van der Waals surface area contributed by atoms with Gasteiger partial charge in [-0.2, -0.15) is 0 Å². The molecule has 0 bridgehead atoms. The molecule has 0 aromatic heterocycles. The molecule has 0 aromatic carbocycles. The van der Waals surface area contributed by atoms with Gasteiger partial charge in [0.15, 0.2) is 0 Å². The Balaban J connectivity index is 1.71. The third-order valence-electron chi connectivity index (χ3n) is 5.57. The van der Waals surface area contributed by atoms with Crippen LogP contribution in [0.4, 0.5) is 0 Å². The van der Waals surface area contributed by atoms with Crippen molar-refractivity contribution in [3.05, 3.63) is 0 Å². The summed E-state index contributed by atoms with van der Waals surface area (Å²) in [6.07, 6.45) is 13.2. The number of hydrogen-bond donors (Lipinski definition) is 0. The first-order valence-electron chi connectivity index (χ1n) is 8.86. The van der Waals surface area contributed by atoms with Crippen LogP contribution < -0.4 is 0 Å². The molecule has 2 rings (SSSR count). The van der Waals surface area contributed by atoms with Gasteiger partial charge in [-0.05, 0) is 75.3 Å². The summed E-state index contributed by atoms with van der Waals surface area (Å²) in [6, 6.07) is 0. The molecule has 19 heavy (non-hydrogen) atoms. The van der Waals surface area contributed by atoms with Gasteiger partial charge in [-0.25, -0.2) is 0 Å². The second kappa shape index (κ2) is 7.11. The second-order valence-electron chi connectivity index (χ2n) is 7.81. The Labute approximate surface area is 121 Å². The fourth-order valence-electron chi connectivity index (χ4n) is 4.40. The zero-order chi connectivity index (χ0) is 13.7. The molecule has 0 atom stereocenters. The minimum atomic E-state index is 0.736. The van der Waals surface area contributed by atoms with Crippen molar-refractivity contribution in [1.82, 2.24) is 4.90 Å². The fourth-order valence-corrected chi connectivity index (χ4v) is 4.40. The molecule has 0 radical (unpaired) electrons. The van der Waals surface area contributed by atoms with Crippen LogP contribution in [-0.2, 0) is 0 Å². The smallest absolute Gasteiger partial charge is 0.00385 e. The fraction of sp³-hybridized carbons (Fsp3) is 1.00. The van der Waals surface area contributed by atoms with E-state index < -0.39 is 0 Å². The molecular weight excluding hydrogens is 230 g/mol. The molecule has 112 valence electrons. The van der Waals surface area contributed by atoms with E-state index in [2.05, 4.69) is 25.7 Å². The molecule has 1 nitrogen and oxygen atoms in total. The highest BCUT2D eigenvalue weighted by molar-refractivity contribution is 4.93. The molecule has 0 amide bonds. The lowest BCUT2D eigenvalue weighted by molar-refractivity contribution is 0.139. The Morgan fingerprint density at radius 1 is 1.11 bits per heavy atom. The Bertz CT molecular complexity index is 250. The molecule has 2 fully saturated rings. The largest absolute Gasteiger partial charge is 0.303 e. The molecule has 1 saturated heterocycles. The first-order valence-corrected chi connectivity index (χ1v) is 8.86. The van der Waals surface area contributed by atoms with Gasteiger partial charge in [0.25, 0.3) is 0 Å². The lowest BCUT2D eigenvalue weighted by atomic mass is 9.68. The van der Waals surface area contributed by atoms with Crippen LogP contribution >= 0.6 is 0 Å². The maximum Gasteiger partial charge on any atom is 0.00385 e. The van der Waals surface area contributed by atoms with E-state index in [1.807, 2.05) is 0 Å². The van der Waals surface area contributed by atoms with Gasteiger partial charge in [-0.15, -0.1) is 0 Å². The third kappa shape index (κ3) is 4.48. The average Bonchev–Trinajstić information content (AvgIpc) is 2.76. The molecule has 0 aromatic rings. The van der Waals surface area contributed by atoms with Crippen molar-refractivity contribution in [3.8, 4) is 0 Å². The highest BCUT2D eigenvalue weighted by atomic mass is 15.2. The first kappa shape index (κ1) is 15.4. The van der Waals surface area contributed by atoms with E-state index in [1.54, 1.807) is 0 Å². The topological polar surface area (TPSA) is 3.24 Å². The van der Waals surface area contributed by atoms with Crippen LogP contribution in [0.1, 0.15) is 78.6 Å². The summed E-state index contributed by atoms with van der Waals surface area (Å²) in [5.41, 5.74) is 0.736. The van der Waals surface area contributed by atoms with Crippen molar-refractivity contribution in [1.29, 1.82) is 0 Å². The standard InChI is InChI=1S/C18H35N/c1-4-5-6-12-19-13-11-18(15-19)9-7-17(8-10-18)14-16(2)3/h16-17H,4-15H2,1-3H3. The lowest BCUT2D eigenvalue weighted by Gasteiger charge is -2.38. The van der Waals surface area contributed by atoms with Crippen molar-refractivity contribution >= 4 is 0 Å². The van der Waals surface area contributed by atoms with Gasteiger partial charge in [-0.1, -0.05) is 33.6 Å². The first-order chi connectivity index (χ1) is 9.13. The molecule has 0 unspecified atom stereocenters. The van der Waals surface area contributed by atoms with Crippen LogP contribution in [0, 0.1) is 17.3 Å². The van der Waals surface area contributed by atoms with Crippen molar-refractivity contribution in [2.24, 2.45) is 17.3 Å². The predicted octanol–water partition coefficient (Wildman–Crippen LogP) is 5.11. The summed E-state index contributed by atoms with van der Waals surface area (Å²) < 4.78 is 0. The van der Waals surface area contributed by atoms with Crippen molar-refractivity contribution < 1.29 is 0 Å². The summed E-state index contributed by atoms with van der Waals surface area (Å²) in [7, 11) is 0. The molecule has 2 aliphatic rings. The van der Waals surface area contributed by atoms with Gasteiger partial charge >= 0.3 is 0 Å². The minimum Gasteiger partial charge on any atom is -0.303 e. The van der Waals surface area contributed by atoms with Crippen LogP contribution in [0.3, 0.4) is 0 Å².